The minimum atomic E-state index is 0.113. The monoisotopic (exact) mass is 259 g/mol. The Labute approximate surface area is 118 Å². The van der Waals surface area contributed by atoms with E-state index >= 15 is 0 Å². The normalized spacial score (nSPS) is 12.2. The van der Waals surface area contributed by atoms with Gasteiger partial charge in [0, 0.05) is 12.0 Å². The fourth-order valence-corrected chi connectivity index (χ4v) is 3.14. The molecule has 0 amide bonds. The van der Waals surface area contributed by atoms with Gasteiger partial charge in [0.1, 0.15) is 0 Å². The summed E-state index contributed by atoms with van der Waals surface area (Å²) in [6.07, 6.45) is 4.18. The Kier molecular flexibility index (Phi) is 5.81. The van der Waals surface area contributed by atoms with E-state index in [2.05, 4.69) is 58.5 Å². The van der Waals surface area contributed by atoms with Crippen molar-refractivity contribution < 1.29 is 0 Å². The Balaban J connectivity index is 3.14. The predicted molar refractivity (Wildman–Crippen MR) is 86.2 cm³/mol. The first-order valence-electron chi connectivity index (χ1n) is 7.36. The highest BCUT2D eigenvalue weighted by atomic mass is 14.6. The van der Waals surface area contributed by atoms with Crippen LogP contribution >= 0.6 is 0 Å². The minimum Gasteiger partial charge on any atom is -0.330 e. The molecule has 0 unspecified atom stereocenters. The van der Waals surface area contributed by atoms with E-state index in [0.29, 0.717) is 11.8 Å². The van der Waals surface area contributed by atoms with Crippen LogP contribution in [0.1, 0.15) is 51.7 Å². The lowest BCUT2D eigenvalue weighted by atomic mass is 9.69. The second-order valence-corrected chi connectivity index (χ2v) is 6.51. The average Bonchev–Trinajstić information content (AvgIpc) is 2.36. The molecule has 1 aromatic rings. The molecule has 0 aromatic heterocycles. The fourth-order valence-electron chi connectivity index (χ4n) is 3.14. The van der Waals surface area contributed by atoms with Gasteiger partial charge in [-0.1, -0.05) is 64.6 Å². The standard InChI is InChI=1S/C18H29N/c1-6-16-7-9-17(10-8-16)18(13-19,11-14(2)3)12-15(4)5/h6-10,14-15H,1,11-13,19H2,2-5H3. The van der Waals surface area contributed by atoms with Crippen molar-refractivity contribution in [1.29, 1.82) is 0 Å². The zero-order valence-electron chi connectivity index (χ0n) is 12.9. The van der Waals surface area contributed by atoms with E-state index in [4.69, 9.17) is 5.73 Å². The third kappa shape index (κ3) is 4.21. The summed E-state index contributed by atoms with van der Waals surface area (Å²) in [5, 5.41) is 0. The van der Waals surface area contributed by atoms with Gasteiger partial charge in [-0.2, -0.15) is 0 Å². The van der Waals surface area contributed by atoms with Gasteiger partial charge in [-0.3, -0.25) is 0 Å². The Bertz CT molecular complexity index is 377. The largest absolute Gasteiger partial charge is 0.330 e. The molecule has 0 bridgehead atoms. The van der Waals surface area contributed by atoms with Crippen molar-refractivity contribution in [2.45, 2.75) is 46.0 Å². The Hall–Kier alpha value is -1.08. The summed E-state index contributed by atoms with van der Waals surface area (Å²) in [5.41, 5.74) is 8.85. The van der Waals surface area contributed by atoms with Crippen LogP contribution < -0.4 is 5.73 Å². The number of nitrogens with two attached hydrogens (primary N) is 1. The second kappa shape index (κ2) is 6.91. The third-order valence-electron chi connectivity index (χ3n) is 3.75. The van der Waals surface area contributed by atoms with Gasteiger partial charge in [0.15, 0.2) is 0 Å². The molecule has 0 saturated carbocycles. The van der Waals surface area contributed by atoms with Crippen molar-refractivity contribution in [2.75, 3.05) is 6.54 Å². The van der Waals surface area contributed by atoms with Crippen molar-refractivity contribution in [3.8, 4) is 0 Å². The first-order valence-corrected chi connectivity index (χ1v) is 7.36. The molecule has 106 valence electrons. The van der Waals surface area contributed by atoms with Crippen LogP contribution in [0, 0.1) is 11.8 Å². The summed E-state index contributed by atoms with van der Waals surface area (Å²) >= 11 is 0. The topological polar surface area (TPSA) is 26.0 Å². The molecule has 0 spiro atoms. The first kappa shape index (κ1) is 16.0. The van der Waals surface area contributed by atoms with Crippen LogP contribution in [-0.2, 0) is 5.41 Å². The molecule has 1 aromatic carbocycles. The van der Waals surface area contributed by atoms with Crippen molar-refractivity contribution in [2.24, 2.45) is 17.6 Å². The highest BCUT2D eigenvalue weighted by Gasteiger charge is 2.32. The van der Waals surface area contributed by atoms with E-state index in [0.717, 1.165) is 19.4 Å². The summed E-state index contributed by atoms with van der Waals surface area (Å²) in [7, 11) is 0. The summed E-state index contributed by atoms with van der Waals surface area (Å²) in [6, 6.07) is 8.75. The van der Waals surface area contributed by atoms with Crippen molar-refractivity contribution >= 4 is 6.08 Å². The van der Waals surface area contributed by atoms with Gasteiger partial charge in [0.2, 0.25) is 0 Å². The Morgan fingerprint density at radius 1 is 1.05 bits per heavy atom. The zero-order chi connectivity index (χ0) is 14.5. The number of hydrogen-bond donors (Lipinski definition) is 1. The van der Waals surface area contributed by atoms with E-state index in [1.54, 1.807) is 0 Å². The van der Waals surface area contributed by atoms with Crippen LogP contribution in [0.2, 0.25) is 0 Å². The van der Waals surface area contributed by atoms with E-state index in [-0.39, 0.29) is 5.41 Å². The maximum Gasteiger partial charge on any atom is 0.00804 e. The molecule has 1 nitrogen and oxygen atoms in total. The highest BCUT2D eigenvalue weighted by molar-refractivity contribution is 5.48. The van der Waals surface area contributed by atoms with Crippen molar-refractivity contribution in [3.05, 3.63) is 42.0 Å². The molecule has 0 fully saturated rings. The molecule has 0 aliphatic rings. The molecular weight excluding hydrogens is 230 g/mol. The van der Waals surface area contributed by atoms with E-state index in [1.165, 1.54) is 11.1 Å². The summed E-state index contributed by atoms with van der Waals surface area (Å²) in [6.45, 7) is 13.7. The minimum absolute atomic E-state index is 0.113. The molecular formula is C18H29N. The Morgan fingerprint density at radius 3 is 1.84 bits per heavy atom. The van der Waals surface area contributed by atoms with E-state index in [9.17, 15) is 0 Å². The van der Waals surface area contributed by atoms with Crippen LogP contribution in [0.5, 0.6) is 0 Å². The zero-order valence-corrected chi connectivity index (χ0v) is 12.9. The van der Waals surface area contributed by atoms with Gasteiger partial charge in [-0.25, -0.2) is 0 Å². The smallest absolute Gasteiger partial charge is 0.00804 e. The molecule has 0 aliphatic carbocycles. The molecule has 0 heterocycles. The van der Waals surface area contributed by atoms with Gasteiger partial charge in [-0.05, 0) is 35.8 Å². The van der Waals surface area contributed by atoms with Crippen LogP contribution in [0.3, 0.4) is 0 Å². The molecule has 0 saturated heterocycles. The van der Waals surface area contributed by atoms with Gasteiger partial charge < -0.3 is 5.73 Å². The molecule has 2 N–H and O–H groups in total. The predicted octanol–water partition coefficient (Wildman–Crippen LogP) is 4.62. The molecule has 1 rings (SSSR count). The van der Waals surface area contributed by atoms with Crippen molar-refractivity contribution in [3.63, 3.8) is 0 Å². The second-order valence-electron chi connectivity index (χ2n) is 6.51. The molecule has 0 aliphatic heterocycles. The van der Waals surface area contributed by atoms with Crippen LogP contribution in [-0.4, -0.2) is 6.54 Å². The Morgan fingerprint density at radius 2 is 1.53 bits per heavy atom. The van der Waals surface area contributed by atoms with E-state index < -0.39 is 0 Å². The lowest BCUT2D eigenvalue weighted by Gasteiger charge is -2.36. The first-order chi connectivity index (χ1) is 8.93. The maximum atomic E-state index is 6.19. The summed E-state index contributed by atoms with van der Waals surface area (Å²) < 4.78 is 0. The number of benzene rings is 1. The fraction of sp³-hybridized carbons (Fsp3) is 0.556. The average molecular weight is 259 g/mol. The maximum absolute atomic E-state index is 6.19. The molecule has 0 atom stereocenters. The van der Waals surface area contributed by atoms with Crippen LogP contribution in [0.4, 0.5) is 0 Å². The van der Waals surface area contributed by atoms with E-state index in [1.807, 2.05) is 6.08 Å². The van der Waals surface area contributed by atoms with Crippen molar-refractivity contribution in [1.82, 2.24) is 0 Å². The van der Waals surface area contributed by atoms with Gasteiger partial charge in [0.25, 0.3) is 0 Å². The summed E-state index contributed by atoms with van der Waals surface area (Å²) in [4.78, 5) is 0. The quantitative estimate of drug-likeness (QED) is 0.759. The molecule has 1 heteroatoms. The van der Waals surface area contributed by atoms with Gasteiger partial charge >= 0.3 is 0 Å². The third-order valence-corrected chi connectivity index (χ3v) is 3.75. The van der Waals surface area contributed by atoms with Gasteiger partial charge in [-0.15, -0.1) is 0 Å². The lowest BCUT2D eigenvalue weighted by molar-refractivity contribution is 0.288. The number of hydrogen-bond acceptors (Lipinski definition) is 1. The molecule has 19 heavy (non-hydrogen) atoms. The number of rotatable bonds is 7. The van der Waals surface area contributed by atoms with Crippen LogP contribution in [0.25, 0.3) is 6.08 Å². The SMILES string of the molecule is C=Cc1ccc(C(CN)(CC(C)C)CC(C)C)cc1. The van der Waals surface area contributed by atoms with Gasteiger partial charge in [0.05, 0.1) is 0 Å². The molecule has 0 radical (unpaired) electrons. The highest BCUT2D eigenvalue weighted by Crippen LogP contribution is 2.36. The van der Waals surface area contributed by atoms with Crippen LogP contribution in [0.15, 0.2) is 30.8 Å². The summed E-state index contributed by atoms with van der Waals surface area (Å²) in [5.74, 6) is 1.31. The lowest BCUT2D eigenvalue weighted by Crippen LogP contribution is -2.38.